The highest BCUT2D eigenvalue weighted by molar-refractivity contribution is 14.0. The van der Waals surface area contributed by atoms with Gasteiger partial charge in [0.25, 0.3) is 0 Å². The first-order chi connectivity index (χ1) is 13.6. The Balaban J connectivity index is 0.00000300. The molecular weight excluding hydrogens is 481 g/mol. The summed E-state index contributed by atoms with van der Waals surface area (Å²) in [5.41, 5.74) is 1.26. The molecule has 2 fully saturated rings. The fourth-order valence-corrected chi connectivity index (χ4v) is 3.62. The Morgan fingerprint density at radius 1 is 1.14 bits per heavy atom. The number of benzene rings is 1. The second-order valence-electron chi connectivity index (χ2n) is 7.75. The lowest BCUT2D eigenvalue weighted by Gasteiger charge is -2.36. The number of likely N-dealkylation sites (N-methyl/N-ethyl adjacent to an activating group) is 1. The molecule has 162 valence electrons. The van der Waals surface area contributed by atoms with Gasteiger partial charge in [-0.05, 0) is 37.8 Å². The minimum absolute atomic E-state index is 0. The SMILES string of the molecule is CN(C)C(=O)CN=C(NC1CCOCC1)NC1CCCN(c2ccccc2)C1.I. The number of anilines is 1. The number of piperidine rings is 1. The van der Waals surface area contributed by atoms with Crippen molar-refractivity contribution in [3.8, 4) is 0 Å². The van der Waals surface area contributed by atoms with Crippen LogP contribution in [0.15, 0.2) is 35.3 Å². The van der Waals surface area contributed by atoms with Gasteiger partial charge in [-0.1, -0.05) is 18.2 Å². The molecule has 1 aromatic rings. The van der Waals surface area contributed by atoms with Crippen LogP contribution in [-0.4, -0.2) is 75.8 Å². The van der Waals surface area contributed by atoms with Gasteiger partial charge in [0, 0.05) is 58.2 Å². The summed E-state index contributed by atoms with van der Waals surface area (Å²) in [6.45, 7) is 3.70. The summed E-state index contributed by atoms with van der Waals surface area (Å²) in [7, 11) is 3.52. The summed E-state index contributed by atoms with van der Waals surface area (Å²) in [4.78, 5) is 20.6. The van der Waals surface area contributed by atoms with Gasteiger partial charge in [-0.25, -0.2) is 4.99 Å². The Bertz CT molecular complexity index is 650. The zero-order chi connectivity index (χ0) is 19.8. The van der Waals surface area contributed by atoms with Crippen LogP contribution >= 0.6 is 24.0 Å². The van der Waals surface area contributed by atoms with Crippen molar-refractivity contribution in [1.29, 1.82) is 0 Å². The van der Waals surface area contributed by atoms with Crippen LogP contribution in [0.4, 0.5) is 5.69 Å². The van der Waals surface area contributed by atoms with Crippen molar-refractivity contribution in [3.63, 3.8) is 0 Å². The van der Waals surface area contributed by atoms with E-state index in [0.717, 1.165) is 57.9 Å². The monoisotopic (exact) mass is 515 g/mol. The van der Waals surface area contributed by atoms with E-state index in [1.165, 1.54) is 5.69 Å². The van der Waals surface area contributed by atoms with Gasteiger partial charge in [-0.3, -0.25) is 4.79 Å². The Hall–Kier alpha value is -1.55. The van der Waals surface area contributed by atoms with Crippen molar-refractivity contribution in [2.24, 2.45) is 4.99 Å². The molecule has 0 aromatic heterocycles. The molecule has 2 aliphatic rings. The summed E-state index contributed by atoms with van der Waals surface area (Å²) < 4.78 is 5.46. The van der Waals surface area contributed by atoms with E-state index in [1.807, 2.05) is 6.07 Å². The second kappa shape index (κ2) is 12.2. The molecule has 0 radical (unpaired) electrons. The van der Waals surface area contributed by atoms with Crippen LogP contribution in [-0.2, 0) is 9.53 Å². The van der Waals surface area contributed by atoms with Crippen molar-refractivity contribution >= 4 is 41.5 Å². The van der Waals surface area contributed by atoms with Gasteiger partial charge in [-0.2, -0.15) is 0 Å². The molecule has 3 rings (SSSR count). The maximum absolute atomic E-state index is 12.0. The summed E-state index contributed by atoms with van der Waals surface area (Å²) in [6, 6.07) is 11.2. The number of amides is 1. The highest BCUT2D eigenvalue weighted by atomic mass is 127. The molecule has 7 nitrogen and oxygen atoms in total. The lowest BCUT2D eigenvalue weighted by atomic mass is 10.0. The maximum Gasteiger partial charge on any atom is 0.243 e. The number of hydrogen-bond acceptors (Lipinski definition) is 4. The Kier molecular flexibility index (Phi) is 9.99. The quantitative estimate of drug-likeness (QED) is 0.357. The van der Waals surface area contributed by atoms with Crippen molar-refractivity contribution < 1.29 is 9.53 Å². The van der Waals surface area contributed by atoms with Gasteiger partial charge in [0.05, 0.1) is 0 Å². The van der Waals surface area contributed by atoms with E-state index in [1.54, 1.807) is 19.0 Å². The predicted molar refractivity (Wildman–Crippen MR) is 128 cm³/mol. The molecule has 1 atom stereocenters. The zero-order valence-electron chi connectivity index (χ0n) is 17.5. The van der Waals surface area contributed by atoms with E-state index in [4.69, 9.17) is 4.74 Å². The lowest BCUT2D eigenvalue weighted by molar-refractivity contribution is -0.127. The first-order valence-electron chi connectivity index (χ1n) is 10.3. The predicted octanol–water partition coefficient (Wildman–Crippen LogP) is 2.08. The molecule has 2 heterocycles. The molecule has 1 amide bonds. The fraction of sp³-hybridized carbons (Fsp3) is 0.619. The first kappa shape index (κ1) is 23.7. The van der Waals surface area contributed by atoms with Crippen molar-refractivity contribution in [1.82, 2.24) is 15.5 Å². The normalized spacial score (nSPS) is 20.6. The van der Waals surface area contributed by atoms with Gasteiger partial charge in [0.1, 0.15) is 6.54 Å². The number of carbonyl (C=O) groups is 1. The minimum atomic E-state index is 0. The highest BCUT2D eigenvalue weighted by Crippen LogP contribution is 2.19. The molecule has 0 bridgehead atoms. The van der Waals surface area contributed by atoms with Gasteiger partial charge >= 0.3 is 0 Å². The van der Waals surface area contributed by atoms with E-state index >= 15 is 0 Å². The van der Waals surface area contributed by atoms with Gasteiger partial charge in [0.2, 0.25) is 5.91 Å². The minimum Gasteiger partial charge on any atom is -0.381 e. The molecule has 1 aromatic carbocycles. The molecule has 2 N–H and O–H groups in total. The molecule has 1 unspecified atom stereocenters. The summed E-state index contributed by atoms with van der Waals surface area (Å²) in [5, 5.41) is 7.10. The summed E-state index contributed by atoms with van der Waals surface area (Å²) in [6.07, 6.45) is 4.15. The summed E-state index contributed by atoms with van der Waals surface area (Å²) >= 11 is 0. The van der Waals surface area contributed by atoms with Gasteiger partial charge < -0.3 is 25.2 Å². The number of hydrogen-bond donors (Lipinski definition) is 2. The number of nitrogens with one attached hydrogen (secondary N) is 2. The molecule has 29 heavy (non-hydrogen) atoms. The van der Waals surface area contributed by atoms with Gasteiger partial charge in [-0.15, -0.1) is 24.0 Å². The molecule has 8 heteroatoms. The molecule has 0 spiro atoms. The van der Waals surface area contributed by atoms with Crippen molar-refractivity contribution in [3.05, 3.63) is 30.3 Å². The first-order valence-corrected chi connectivity index (χ1v) is 10.3. The average molecular weight is 515 g/mol. The zero-order valence-corrected chi connectivity index (χ0v) is 19.8. The van der Waals surface area contributed by atoms with Crippen LogP contribution < -0.4 is 15.5 Å². The Labute approximate surface area is 191 Å². The third-order valence-electron chi connectivity index (χ3n) is 5.32. The molecule has 0 saturated carbocycles. The molecular formula is C21H34IN5O2. The van der Waals surface area contributed by atoms with Crippen LogP contribution in [0.2, 0.25) is 0 Å². The third kappa shape index (κ3) is 7.65. The van der Waals surface area contributed by atoms with Crippen LogP contribution in [0.5, 0.6) is 0 Å². The largest absolute Gasteiger partial charge is 0.381 e. The topological polar surface area (TPSA) is 69.2 Å². The number of ether oxygens (including phenoxy) is 1. The standard InChI is InChI=1S/C21H33N5O2.HI/c1-25(2)20(27)15-22-21(23-17-10-13-28-14-11-17)24-18-7-6-12-26(16-18)19-8-4-3-5-9-19;/h3-5,8-9,17-18H,6-7,10-16H2,1-2H3,(H2,22,23,24);1H. The van der Waals surface area contributed by atoms with Crippen LogP contribution in [0.3, 0.4) is 0 Å². The number of nitrogens with zero attached hydrogens (tertiary/aromatic N) is 3. The van der Waals surface area contributed by atoms with E-state index in [2.05, 4.69) is 44.8 Å². The van der Waals surface area contributed by atoms with Crippen LogP contribution in [0.25, 0.3) is 0 Å². The number of halogens is 1. The van der Waals surface area contributed by atoms with E-state index in [9.17, 15) is 4.79 Å². The second-order valence-corrected chi connectivity index (χ2v) is 7.75. The number of guanidine groups is 1. The van der Waals surface area contributed by atoms with E-state index < -0.39 is 0 Å². The van der Waals surface area contributed by atoms with E-state index in [0.29, 0.717) is 12.1 Å². The van der Waals surface area contributed by atoms with E-state index in [-0.39, 0.29) is 36.4 Å². The van der Waals surface area contributed by atoms with Crippen molar-refractivity contribution in [2.45, 2.75) is 37.8 Å². The highest BCUT2D eigenvalue weighted by Gasteiger charge is 2.23. The number of para-hydroxylation sites is 1. The Morgan fingerprint density at radius 3 is 2.52 bits per heavy atom. The smallest absolute Gasteiger partial charge is 0.243 e. The average Bonchev–Trinajstić information content (AvgIpc) is 2.73. The summed E-state index contributed by atoms with van der Waals surface area (Å²) in [5.74, 6) is 0.740. The Morgan fingerprint density at radius 2 is 1.83 bits per heavy atom. The number of carbonyl (C=O) groups excluding carboxylic acids is 1. The number of aliphatic imine (C=N–C) groups is 1. The van der Waals surface area contributed by atoms with Crippen molar-refractivity contribution in [2.75, 3.05) is 51.8 Å². The maximum atomic E-state index is 12.0. The van der Waals surface area contributed by atoms with Crippen LogP contribution in [0.1, 0.15) is 25.7 Å². The molecule has 2 saturated heterocycles. The number of rotatable bonds is 5. The van der Waals surface area contributed by atoms with Gasteiger partial charge in [0.15, 0.2) is 5.96 Å². The molecule has 0 aliphatic carbocycles. The lowest BCUT2D eigenvalue weighted by Crippen LogP contribution is -2.54. The van der Waals surface area contributed by atoms with Crippen LogP contribution in [0, 0.1) is 0 Å². The third-order valence-corrected chi connectivity index (χ3v) is 5.32. The molecule has 2 aliphatic heterocycles. The fourth-order valence-electron chi connectivity index (χ4n) is 3.62.